The number of aryl methyl sites for hydroxylation is 1. The zero-order valence-electron chi connectivity index (χ0n) is 9.51. The zero-order valence-corrected chi connectivity index (χ0v) is 11.1. The van der Waals surface area contributed by atoms with E-state index in [4.69, 9.17) is 0 Å². The molecule has 0 fully saturated rings. The van der Waals surface area contributed by atoms with Crippen LogP contribution < -0.4 is 5.32 Å². The molecule has 94 valence electrons. The Morgan fingerprint density at radius 2 is 2.22 bits per heavy atom. The lowest BCUT2D eigenvalue weighted by Crippen LogP contribution is -2.13. The highest BCUT2D eigenvalue weighted by molar-refractivity contribution is 8.00. The van der Waals surface area contributed by atoms with Crippen molar-refractivity contribution in [2.24, 2.45) is 0 Å². The molecule has 2 aromatic rings. The van der Waals surface area contributed by atoms with E-state index < -0.39 is 0 Å². The van der Waals surface area contributed by atoms with Crippen LogP contribution in [-0.2, 0) is 4.79 Å². The van der Waals surface area contributed by atoms with E-state index in [9.17, 15) is 9.18 Å². The van der Waals surface area contributed by atoms with Gasteiger partial charge in [-0.15, -0.1) is 22.0 Å². The highest BCUT2D eigenvalue weighted by Crippen LogP contribution is 2.21. The van der Waals surface area contributed by atoms with E-state index in [1.807, 2.05) is 0 Å². The largest absolute Gasteiger partial charge is 0.300 e. The number of benzene rings is 1. The van der Waals surface area contributed by atoms with E-state index in [2.05, 4.69) is 15.5 Å². The molecule has 0 radical (unpaired) electrons. The first-order valence-corrected chi connectivity index (χ1v) is 6.92. The van der Waals surface area contributed by atoms with Crippen molar-refractivity contribution in [2.75, 3.05) is 11.1 Å². The summed E-state index contributed by atoms with van der Waals surface area (Å²) < 4.78 is 13.3. The van der Waals surface area contributed by atoms with E-state index >= 15 is 0 Å². The third-order valence-electron chi connectivity index (χ3n) is 1.97. The molecular formula is C11H10FN3OS2. The molecular weight excluding hydrogens is 273 g/mol. The van der Waals surface area contributed by atoms with Crippen molar-refractivity contribution < 1.29 is 9.18 Å². The number of carbonyl (C=O) groups excluding carboxylic acids is 1. The summed E-state index contributed by atoms with van der Waals surface area (Å²) in [5.74, 6) is -0.402. The summed E-state index contributed by atoms with van der Waals surface area (Å²) in [6, 6.07) is 6.36. The van der Waals surface area contributed by atoms with Crippen LogP contribution in [0.1, 0.15) is 5.01 Å². The van der Waals surface area contributed by atoms with Crippen LogP contribution in [0.15, 0.2) is 29.2 Å². The molecule has 1 heterocycles. The van der Waals surface area contributed by atoms with Crippen LogP contribution in [0.4, 0.5) is 9.52 Å². The molecule has 0 bridgehead atoms. The van der Waals surface area contributed by atoms with Gasteiger partial charge in [-0.05, 0) is 19.1 Å². The molecule has 1 N–H and O–H groups in total. The van der Waals surface area contributed by atoms with E-state index in [0.717, 1.165) is 16.8 Å². The summed E-state index contributed by atoms with van der Waals surface area (Å²) in [4.78, 5) is 12.1. The topological polar surface area (TPSA) is 54.9 Å². The third-order valence-corrected chi connectivity index (χ3v) is 3.77. The van der Waals surface area contributed by atoms with Gasteiger partial charge in [-0.1, -0.05) is 23.5 Å². The first kappa shape index (κ1) is 13.0. The Kier molecular flexibility index (Phi) is 4.27. The van der Waals surface area contributed by atoms with Crippen LogP contribution in [0.3, 0.4) is 0 Å². The Morgan fingerprint density at radius 1 is 1.44 bits per heavy atom. The molecule has 0 saturated carbocycles. The van der Waals surface area contributed by atoms with Crippen LogP contribution in [0.5, 0.6) is 0 Å². The SMILES string of the molecule is Cc1nnc(NC(=O)CSc2ccccc2F)s1. The lowest BCUT2D eigenvalue weighted by atomic mass is 10.3. The second kappa shape index (κ2) is 5.92. The molecule has 7 heteroatoms. The van der Waals surface area contributed by atoms with Crippen molar-refractivity contribution in [1.29, 1.82) is 0 Å². The molecule has 0 aliphatic heterocycles. The van der Waals surface area contributed by atoms with Gasteiger partial charge in [-0.25, -0.2) is 4.39 Å². The molecule has 2 rings (SSSR count). The number of anilines is 1. The summed E-state index contributed by atoms with van der Waals surface area (Å²) in [5.41, 5.74) is 0. The number of nitrogens with zero attached hydrogens (tertiary/aromatic N) is 2. The fourth-order valence-electron chi connectivity index (χ4n) is 1.21. The second-order valence-corrected chi connectivity index (χ2v) is 5.59. The maximum atomic E-state index is 13.3. The standard InChI is InChI=1S/C11H10FN3OS2/c1-7-14-15-11(18-7)13-10(16)6-17-9-5-3-2-4-8(9)12/h2-5H,6H2,1H3,(H,13,15,16). The lowest BCUT2D eigenvalue weighted by Gasteiger charge is -2.02. The molecule has 0 saturated heterocycles. The monoisotopic (exact) mass is 283 g/mol. The molecule has 4 nitrogen and oxygen atoms in total. The Bertz CT molecular complexity index is 559. The highest BCUT2D eigenvalue weighted by Gasteiger charge is 2.08. The summed E-state index contributed by atoms with van der Waals surface area (Å²) >= 11 is 2.45. The number of rotatable bonds is 4. The average molecular weight is 283 g/mol. The molecule has 0 atom stereocenters. The Morgan fingerprint density at radius 3 is 2.89 bits per heavy atom. The summed E-state index contributed by atoms with van der Waals surface area (Å²) in [6.45, 7) is 1.81. The average Bonchev–Trinajstić information content (AvgIpc) is 2.74. The molecule has 1 amide bonds. The van der Waals surface area contributed by atoms with Crippen molar-refractivity contribution in [1.82, 2.24) is 10.2 Å². The van der Waals surface area contributed by atoms with Crippen LogP contribution in [-0.4, -0.2) is 21.9 Å². The number of halogens is 1. The molecule has 18 heavy (non-hydrogen) atoms. The minimum atomic E-state index is -0.318. The van der Waals surface area contributed by atoms with Gasteiger partial charge in [0.05, 0.1) is 5.75 Å². The maximum Gasteiger partial charge on any atom is 0.236 e. The van der Waals surface area contributed by atoms with Gasteiger partial charge in [0.1, 0.15) is 10.8 Å². The van der Waals surface area contributed by atoms with Gasteiger partial charge in [0, 0.05) is 4.90 Å². The Hall–Kier alpha value is -1.47. The molecule has 0 aliphatic carbocycles. The first-order chi connectivity index (χ1) is 8.65. The fourth-order valence-corrected chi connectivity index (χ4v) is 2.55. The van der Waals surface area contributed by atoms with E-state index in [0.29, 0.717) is 10.0 Å². The Balaban J connectivity index is 1.87. The van der Waals surface area contributed by atoms with Crippen molar-refractivity contribution >= 4 is 34.1 Å². The number of thioether (sulfide) groups is 1. The van der Waals surface area contributed by atoms with E-state index in [1.165, 1.54) is 17.4 Å². The summed E-state index contributed by atoms with van der Waals surface area (Å²) in [5, 5.41) is 11.4. The van der Waals surface area contributed by atoms with Gasteiger partial charge in [-0.2, -0.15) is 0 Å². The zero-order chi connectivity index (χ0) is 13.0. The predicted molar refractivity (Wildman–Crippen MR) is 70.4 cm³/mol. The number of hydrogen-bond acceptors (Lipinski definition) is 5. The number of aromatic nitrogens is 2. The quantitative estimate of drug-likeness (QED) is 0.877. The molecule has 0 aliphatic rings. The van der Waals surface area contributed by atoms with Crippen molar-refractivity contribution in [2.45, 2.75) is 11.8 Å². The van der Waals surface area contributed by atoms with Gasteiger partial charge in [-0.3, -0.25) is 10.1 Å². The third kappa shape index (κ3) is 3.51. The fraction of sp³-hybridized carbons (Fsp3) is 0.182. The van der Waals surface area contributed by atoms with Gasteiger partial charge in [0.2, 0.25) is 11.0 Å². The minimum absolute atomic E-state index is 0.138. The Labute approximate surface area is 112 Å². The smallest absolute Gasteiger partial charge is 0.236 e. The predicted octanol–water partition coefficient (Wildman–Crippen LogP) is 2.72. The molecule has 0 unspecified atom stereocenters. The summed E-state index contributed by atoms with van der Waals surface area (Å²) in [7, 11) is 0. The number of nitrogens with one attached hydrogen (secondary N) is 1. The van der Waals surface area contributed by atoms with Crippen molar-refractivity contribution in [3.05, 3.63) is 35.1 Å². The highest BCUT2D eigenvalue weighted by atomic mass is 32.2. The van der Waals surface area contributed by atoms with Gasteiger partial charge in [0.25, 0.3) is 0 Å². The number of amides is 1. The molecule has 1 aromatic carbocycles. The van der Waals surface area contributed by atoms with Crippen LogP contribution in [0, 0.1) is 12.7 Å². The molecule has 0 spiro atoms. The van der Waals surface area contributed by atoms with Crippen LogP contribution >= 0.6 is 23.1 Å². The summed E-state index contributed by atoms with van der Waals surface area (Å²) in [6.07, 6.45) is 0. The lowest BCUT2D eigenvalue weighted by molar-refractivity contribution is -0.113. The normalized spacial score (nSPS) is 10.3. The van der Waals surface area contributed by atoms with Crippen LogP contribution in [0.2, 0.25) is 0 Å². The van der Waals surface area contributed by atoms with Gasteiger partial charge < -0.3 is 0 Å². The van der Waals surface area contributed by atoms with E-state index in [-0.39, 0.29) is 17.5 Å². The van der Waals surface area contributed by atoms with Crippen molar-refractivity contribution in [3.63, 3.8) is 0 Å². The maximum absolute atomic E-state index is 13.3. The van der Waals surface area contributed by atoms with Crippen LogP contribution in [0.25, 0.3) is 0 Å². The van der Waals surface area contributed by atoms with E-state index in [1.54, 1.807) is 25.1 Å². The second-order valence-electron chi connectivity index (χ2n) is 3.39. The van der Waals surface area contributed by atoms with Gasteiger partial charge >= 0.3 is 0 Å². The number of hydrogen-bond donors (Lipinski definition) is 1. The molecule has 1 aromatic heterocycles. The first-order valence-electron chi connectivity index (χ1n) is 5.12. The number of carbonyl (C=O) groups is 1. The minimum Gasteiger partial charge on any atom is -0.300 e. The van der Waals surface area contributed by atoms with Gasteiger partial charge in [0.15, 0.2) is 0 Å². The van der Waals surface area contributed by atoms with Crippen molar-refractivity contribution in [3.8, 4) is 0 Å².